The van der Waals surface area contributed by atoms with Gasteiger partial charge in [0.25, 0.3) is 5.09 Å². The number of aliphatic hydroxyl groups is 3. The Labute approximate surface area is 215 Å². The molecule has 1 unspecified atom stereocenters. The van der Waals surface area contributed by atoms with Crippen LogP contribution in [-0.4, -0.2) is 63.9 Å². The Kier molecular flexibility index (Phi) is 12.7. The largest absolute Gasteiger partial charge is 0.491 e. The standard InChI is InChI=1S/C25H35ClN2O8/c1-17(15-36-28(33)34)27-25(32)10-5-3-2-4-9-21-22(24(31)14-23(21)30)12-11-19(29)16-35-20-8-6-7-18(26)13-20/h2,4,6-8,11-13,17,19,21-24,29-31H,3,5,9-10,14-16H2,1H3,(H,27,32)/b4-2-,12-11+/t17?,19-,21-,22-,23+,24-/m1/s1. The number of nitrogens with zero attached hydrogens (tertiary/aromatic N) is 1. The number of amides is 1. The van der Waals surface area contributed by atoms with Crippen molar-refractivity contribution in [3.05, 3.63) is 63.7 Å². The molecule has 36 heavy (non-hydrogen) atoms. The quantitative estimate of drug-likeness (QED) is 0.118. The molecule has 1 fully saturated rings. The third-order valence-corrected chi connectivity index (χ3v) is 6.11. The van der Waals surface area contributed by atoms with E-state index in [9.17, 15) is 30.2 Å². The van der Waals surface area contributed by atoms with Gasteiger partial charge in [0, 0.05) is 29.8 Å². The highest BCUT2D eigenvalue weighted by Crippen LogP contribution is 2.36. The second kappa shape index (κ2) is 15.5. The van der Waals surface area contributed by atoms with Crippen LogP contribution >= 0.6 is 11.6 Å². The Hall–Kier alpha value is -2.66. The van der Waals surface area contributed by atoms with E-state index in [1.165, 1.54) is 0 Å². The first-order chi connectivity index (χ1) is 17.2. The van der Waals surface area contributed by atoms with Gasteiger partial charge >= 0.3 is 0 Å². The molecule has 0 radical (unpaired) electrons. The van der Waals surface area contributed by atoms with Gasteiger partial charge in [-0.1, -0.05) is 42.0 Å². The first kappa shape index (κ1) is 29.6. The maximum Gasteiger partial charge on any atom is 0.294 e. The zero-order chi connectivity index (χ0) is 26.5. The van der Waals surface area contributed by atoms with Crippen LogP contribution in [0, 0.1) is 22.0 Å². The van der Waals surface area contributed by atoms with E-state index in [-0.39, 0.29) is 43.8 Å². The minimum Gasteiger partial charge on any atom is -0.491 e. The van der Waals surface area contributed by atoms with E-state index < -0.39 is 29.4 Å². The molecule has 10 nitrogen and oxygen atoms in total. The van der Waals surface area contributed by atoms with Crippen molar-refractivity contribution in [1.29, 1.82) is 0 Å². The van der Waals surface area contributed by atoms with Gasteiger partial charge < -0.3 is 30.2 Å². The number of aliphatic hydroxyl groups excluding tert-OH is 3. The van der Waals surface area contributed by atoms with Crippen LogP contribution in [0.4, 0.5) is 0 Å². The highest BCUT2D eigenvalue weighted by atomic mass is 35.5. The van der Waals surface area contributed by atoms with Crippen LogP contribution in [0.15, 0.2) is 48.6 Å². The van der Waals surface area contributed by atoms with Gasteiger partial charge in [-0.05, 0) is 50.3 Å². The van der Waals surface area contributed by atoms with Gasteiger partial charge in [-0.25, -0.2) is 0 Å². The number of benzene rings is 1. The van der Waals surface area contributed by atoms with Crippen molar-refractivity contribution in [3.63, 3.8) is 0 Å². The van der Waals surface area contributed by atoms with E-state index in [2.05, 4.69) is 10.2 Å². The number of carbonyl (C=O) groups excluding carboxylic acids is 1. The summed E-state index contributed by atoms with van der Waals surface area (Å²) in [5.74, 6) is -0.163. The third kappa shape index (κ3) is 10.9. The molecule has 1 amide bonds. The van der Waals surface area contributed by atoms with E-state index in [4.69, 9.17) is 16.3 Å². The average Bonchev–Trinajstić information content (AvgIpc) is 3.09. The van der Waals surface area contributed by atoms with Crippen LogP contribution in [-0.2, 0) is 9.63 Å². The lowest BCUT2D eigenvalue weighted by atomic mass is 9.89. The molecule has 0 bridgehead atoms. The number of carbonyl (C=O) groups is 1. The number of rotatable bonds is 15. The maximum atomic E-state index is 11.9. The number of halogens is 1. The number of ether oxygens (including phenoxy) is 1. The fraction of sp³-hybridized carbons (Fsp3) is 0.560. The third-order valence-electron chi connectivity index (χ3n) is 5.88. The molecule has 0 heterocycles. The van der Waals surface area contributed by atoms with Crippen molar-refractivity contribution in [2.75, 3.05) is 13.2 Å². The molecule has 1 aromatic rings. The molecule has 6 atom stereocenters. The van der Waals surface area contributed by atoms with Crippen molar-refractivity contribution in [2.24, 2.45) is 11.8 Å². The minimum atomic E-state index is -0.895. The second-order valence-corrected chi connectivity index (χ2v) is 9.36. The van der Waals surface area contributed by atoms with Crippen LogP contribution in [0.1, 0.15) is 39.0 Å². The number of hydrogen-bond donors (Lipinski definition) is 4. The molecule has 0 aromatic heterocycles. The predicted molar refractivity (Wildman–Crippen MR) is 134 cm³/mol. The Balaban J connectivity index is 1.72. The second-order valence-electron chi connectivity index (χ2n) is 8.92. The fourth-order valence-electron chi connectivity index (χ4n) is 4.07. The van der Waals surface area contributed by atoms with Crippen LogP contribution in [0.2, 0.25) is 5.02 Å². The molecule has 4 N–H and O–H groups in total. The number of nitrogens with one attached hydrogen (secondary N) is 1. The van der Waals surface area contributed by atoms with Gasteiger partial charge in [-0.15, -0.1) is 10.1 Å². The summed E-state index contributed by atoms with van der Waals surface area (Å²) in [6.45, 7) is 1.45. The Morgan fingerprint density at radius 1 is 1.31 bits per heavy atom. The normalized spacial score (nSPS) is 23.6. The Morgan fingerprint density at radius 3 is 2.81 bits per heavy atom. The molecule has 1 aliphatic rings. The lowest BCUT2D eigenvalue weighted by Gasteiger charge is -2.19. The summed E-state index contributed by atoms with van der Waals surface area (Å²) < 4.78 is 5.53. The summed E-state index contributed by atoms with van der Waals surface area (Å²) in [6, 6.07) is 6.41. The van der Waals surface area contributed by atoms with E-state index >= 15 is 0 Å². The van der Waals surface area contributed by atoms with Gasteiger partial charge in [-0.2, -0.15) is 0 Å². The van der Waals surface area contributed by atoms with Gasteiger partial charge in [0.1, 0.15) is 25.1 Å². The van der Waals surface area contributed by atoms with Gasteiger partial charge in [0.05, 0.1) is 12.2 Å². The summed E-state index contributed by atoms with van der Waals surface area (Å²) in [7, 11) is 0. The number of unbranched alkanes of at least 4 members (excludes halogenated alkanes) is 1. The smallest absolute Gasteiger partial charge is 0.294 e. The van der Waals surface area contributed by atoms with Crippen molar-refractivity contribution in [3.8, 4) is 5.75 Å². The van der Waals surface area contributed by atoms with E-state index in [0.29, 0.717) is 30.0 Å². The number of hydrogen-bond acceptors (Lipinski definition) is 8. The SMILES string of the molecule is CC(CO[N+](=O)[O-])NC(=O)CCC/C=C\C[C@@H]1[C@@H](/C=C/[C@@H](O)COc2cccc(Cl)c2)[C@H](O)C[C@@H]1O. The first-order valence-electron chi connectivity index (χ1n) is 12.0. The molecule has 200 valence electrons. The van der Waals surface area contributed by atoms with Crippen molar-refractivity contribution in [2.45, 2.75) is 63.4 Å². The van der Waals surface area contributed by atoms with Crippen molar-refractivity contribution >= 4 is 17.5 Å². The minimum absolute atomic E-state index is 0.0297. The van der Waals surface area contributed by atoms with Gasteiger partial charge in [0.2, 0.25) is 5.91 Å². The summed E-state index contributed by atoms with van der Waals surface area (Å²) in [5, 5.41) is 43.4. The van der Waals surface area contributed by atoms with Gasteiger partial charge in [-0.3, -0.25) is 4.79 Å². The fourth-order valence-corrected chi connectivity index (χ4v) is 4.25. The molecule has 0 aliphatic heterocycles. The Morgan fingerprint density at radius 2 is 2.08 bits per heavy atom. The molecule has 11 heteroatoms. The molecule has 0 spiro atoms. The van der Waals surface area contributed by atoms with Crippen molar-refractivity contribution < 1.29 is 34.8 Å². The summed E-state index contributed by atoms with van der Waals surface area (Å²) >= 11 is 5.92. The van der Waals surface area contributed by atoms with E-state index in [1.807, 2.05) is 12.2 Å². The lowest BCUT2D eigenvalue weighted by molar-refractivity contribution is -0.758. The molecule has 2 rings (SSSR count). The molecular formula is C25H35ClN2O8. The van der Waals surface area contributed by atoms with E-state index in [0.717, 1.165) is 0 Å². The number of allylic oxidation sites excluding steroid dienone is 2. The van der Waals surface area contributed by atoms with Crippen LogP contribution < -0.4 is 10.1 Å². The Bertz CT molecular complexity index is 897. The van der Waals surface area contributed by atoms with Crippen LogP contribution in [0.3, 0.4) is 0 Å². The monoisotopic (exact) mass is 526 g/mol. The van der Waals surface area contributed by atoms with E-state index in [1.54, 1.807) is 43.3 Å². The average molecular weight is 527 g/mol. The van der Waals surface area contributed by atoms with Crippen molar-refractivity contribution in [1.82, 2.24) is 5.32 Å². The van der Waals surface area contributed by atoms with Crippen LogP contribution in [0.5, 0.6) is 5.75 Å². The highest BCUT2D eigenvalue weighted by Gasteiger charge is 2.39. The summed E-state index contributed by atoms with van der Waals surface area (Å²) in [5.41, 5.74) is 0. The topological polar surface area (TPSA) is 151 Å². The molecule has 1 aromatic carbocycles. The molecule has 1 aliphatic carbocycles. The zero-order valence-electron chi connectivity index (χ0n) is 20.2. The lowest BCUT2D eigenvalue weighted by Crippen LogP contribution is -2.36. The zero-order valence-corrected chi connectivity index (χ0v) is 21.0. The molecule has 1 saturated carbocycles. The molecule has 0 saturated heterocycles. The van der Waals surface area contributed by atoms with Gasteiger partial charge in [0.15, 0.2) is 0 Å². The highest BCUT2D eigenvalue weighted by molar-refractivity contribution is 6.30. The van der Waals surface area contributed by atoms with Crippen LogP contribution in [0.25, 0.3) is 0 Å². The summed E-state index contributed by atoms with van der Waals surface area (Å²) in [4.78, 5) is 26.3. The molecular weight excluding hydrogens is 492 g/mol. The summed E-state index contributed by atoms with van der Waals surface area (Å²) in [6.07, 6.45) is 7.25. The predicted octanol–water partition coefficient (Wildman–Crippen LogP) is 2.82. The first-order valence-corrected chi connectivity index (χ1v) is 12.4. The maximum absolute atomic E-state index is 11.9.